The van der Waals surface area contributed by atoms with Crippen LogP contribution in [0.1, 0.15) is 15.9 Å². The molecular formula is C21H21F3N2O5. The van der Waals surface area contributed by atoms with E-state index in [9.17, 15) is 22.8 Å². The summed E-state index contributed by atoms with van der Waals surface area (Å²) in [5.41, 5.74) is 1.03. The summed E-state index contributed by atoms with van der Waals surface area (Å²) in [6.45, 7) is -1.42. The molecule has 0 aliphatic rings. The highest BCUT2D eigenvalue weighted by Gasteiger charge is 2.27. The number of anilines is 1. The Morgan fingerprint density at radius 1 is 0.968 bits per heavy atom. The third-order valence-electron chi connectivity index (χ3n) is 3.98. The fourth-order valence-corrected chi connectivity index (χ4v) is 2.54. The summed E-state index contributed by atoms with van der Waals surface area (Å²) < 4.78 is 52.3. The van der Waals surface area contributed by atoms with Crippen LogP contribution in [0.15, 0.2) is 42.5 Å². The van der Waals surface area contributed by atoms with Crippen molar-refractivity contribution in [2.75, 3.05) is 33.2 Å². The summed E-state index contributed by atoms with van der Waals surface area (Å²) in [6.07, 6.45) is -1.67. The minimum atomic E-state index is -4.49. The molecular weight excluding hydrogens is 417 g/mol. The highest BCUT2D eigenvalue weighted by atomic mass is 19.4. The fourth-order valence-electron chi connectivity index (χ4n) is 2.54. The average molecular weight is 438 g/mol. The zero-order chi connectivity index (χ0) is 23.0. The van der Waals surface area contributed by atoms with Gasteiger partial charge in [-0.05, 0) is 48.0 Å². The Morgan fingerprint density at radius 2 is 1.55 bits per heavy atom. The summed E-state index contributed by atoms with van der Waals surface area (Å²) >= 11 is 0. The standard InChI is InChI=1S/C21H21F3N2O5/c1-29-16-10-13(11-17(30-2)19(16)31-3)4-9-18(27)26-15-7-5-14(6-8-15)20(28)25-12-21(22,23)24/h4-11H,12H2,1-3H3,(H,25,28)(H,26,27)/b9-4+. The minimum Gasteiger partial charge on any atom is -0.493 e. The number of benzene rings is 2. The number of methoxy groups -OCH3 is 3. The van der Waals surface area contributed by atoms with Crippen LogP contribution in [0.3, 0.4) is 0 Å². The number of halogens is 3. The molecule has 2 aromatic rings. The van der Waals surface area contributed by atoms with Gasteiger partial charge in [-0.3, -0.25) is 9.59 Å². The Balaban J connectivity index is 2.03. The number of rotatable bonds is 8. The molecule has 2 N–H and O–H groups in total. The zero-order valence-electron chi connectivity index (χ0n) is 17.0. The first-order chi connectivity index (χ1) is 14.7. The number of nitrogens with one attached hydrogen (secondary N) is 2. The van der Waals surface area contributed by atoms with Gasteiger partial charge in [-0.15, -0.1) is 0 Å². The minimum absolute atomic E-state index is 0.0372. The molecule has 2 amide bonds. The van der Waals surface area contributed by atoms with Crippen LogP contribution in [0.4, 0.5) is 18.9 Å². The van der Waals surface area contributed by atoms with Crippen LogP contribution in [0.5, 0.6) is 17.2 Å². The molecule has 0 aliphatic heterocycles. The van der Waals surface area contributed by atoms with Crippen molar-refractivity contribution in [3.8, 4) is 17.2 Å². The molecule has 7 nitrogen and oxygen atoms in total. The van der Waals surface area contributed by atoms with E-state index in [1.165, 1.54) is 51.7 Å². The maximum Gasteiger partial charge on any atom is 0.405 e. The molecule has 0 bridgehead atoms. The van der Waals surface area contributed by atoms with Gasteiger partial charge in [0.25, 0.3) is 5.91 Å². The summed E-state index contributed by atoms with van der Waals surface area (Å²) in [6, 6.07) is 8.77. The quantitative estimate of drug-likeness (QED) is 0.615. The molecule has 0 aromatic heterocycles. The molecule has 31 heavy (non-hydrogen) atoms. The number of hydrogen-bond donors (Lipinski definition) is 2. The van der Waals surface area contributed by atoms with Gasteiger partial charge in [0.05, 0.1) is 21.3 Å². The Morgan fingerprint density at radius 3 is 2.03 bits per heavy atom. The van der Waals surface area contributed by atoms with Gasteiger partial charge in [0.2, 0.25) is 11.7 Å². The number of carbonyl (C=O) groups is 2. The molecule has 0 heterocycles. The molecule has 0 spiro atoms. The molecule has 0 atom stereocenters. The molecule has 0 unspecified atom stereocenters. The zero-order valence-corrected chi connectivity index (χ0v) is 17.0. The van der Waals surface area contributed by atoms with Crippen molar-refractivity contribution in [1.29, 1.82) is 0 Å². The van der Waals surface area contributed by atoms with Crippen molar-refractivity contribution in [3.05, 3.63) is 53.6 Å². The van der Waals surface area contributed by atoms with Gasteiger partial charge in [-0.2, -0.15) is 13.2 Å². The number of carbonyl (C=O) groups excluding carboxylic acids is 2. The molecule has 166 valence electrons. The lowest BCUT2D eigenvalue weighted by molar-refractivity contribution is -0.123. The van der Waals surface area contributed by atoms with Crippen molar-refractivity contribution in [2.24, 2.45) is 0 Å². The van der Waals surface area contributed by atoms with Crippen LogP contribution in [0.2, 0.25) is 0 Å². The third-order valence-corrected chi connectivity index (χ3v) is 3.98. The maximum absolute atomic E-state index is 12.2. The van der Waals surface area contributed by atoms with E-state index >= 15 is 0 Å². The topological polar surface area (TPSA) is 85.9 Å². The molecule has 0 saturated carbocycles. The fraction of sp³-hybridized carbons (Fsp3) is 0.238. The van der Waals surface area contributed by atoms with Crippen LogP contribution in [0, 0.1) is 0 Å². The van der Waals surface area contributed by atoms with E-state index < -0.39 is 24.5 Å². The van der Waals surface area contributed by atoms with Crippen LogP contribution < -0.4 is 24.8 Å². The summed E-state index contributed by atoms with van der Waals surface area (Å²) in [7, 11) is 4.43. The van der Waals surface area contributed by atoms with E-state index in [1.54, 1.807) is 23.5 Å². The van der Waals surface area contributed by atoms with Crippen molar-refractivity contribution >= 4 is 23.6 Å². The molecule has 2 aromatic carbocycles. The predicted octanol–water partition coefficient (Wildman–Crippen LogP) is 3.66. The first-order valence-electron chi connectivity index (χ1n) is 8.91. The highest BCUT2D eigenvalue weighted by molar-refractivity contribution is 6.02. The number of amides is 2. The number of ether oxygens (including phenoxy) is 3. The molecule has 0 fully saturated rings. The first kappa shape index (κ1) is 23.6. The molecule has 2 rings (SSSR count). The van der Waals surface area contributed by atoms with E-state index in [1.807, 2.05) is 0 Å². The molecule has 0 aliphatic carbocycles. The van der Waals surface area contributed by atoms with Crippen LogP contribution in [-0.2, 0) is 4.79 Å². The monoisotopic (exact) mass is 438 g/mol. The second-order valence-electron chi connectivity index (χ2n) is 6.16. The lowest BCUT2D eigenvalue weighted by Gasteiger charge is -2.12. The van der Waals surface area contributed by atoms with Crippen LogP contribution >= 0.6 is 0 Å². The number of hydrogen-bond acceptors (Lipinski definition) is 5. The van der Waals surface area contributed by atoms with Crippen molar-refractivity contribution in [1.82, 2.24) is 5.32 Å². The Hall–Kier alpha value is -3.69. The normalized spacial score (nSPS) is 11.2. The van der Waals surface area contributed by atoms with Crippen molar-refractivity contribution in [3.63, 3.8) is 0 Å². The summed E-state index contributed by atoms with van der Waals surface area (Å²) in [5.74, 6) is -0.0333. The lowest BCUT2D eigenvalue weighted by Crippen LogP contribution is -2.33. The van der Waals surface area contributed by atoms with Gasteiger partial charge in [-0.1, -0.05) is 0 Å². The second kappa shape index (κ2) is 10.4. The summed E-state index contributed by atoms with van der Waals surface area (Å²) in [5, 5.41) is 4.36. The SMILES string of the molecule is COc1cc(/C=C/C(=O)Nc2ccc(C(=O)NCC(F)(F)F)cc2)cc(OC)c1OC. The molecule has 0 radical (unpaired) electrons. The van der Waals surface area contributed by atoms with Gasteiger partial charge in [0.1, 0.15) is 6.54 Å². The Labute approximate surface area is 176 Å². The van der Waals surface area contributed by atoms with E-state index in [0.29, 0.717) is 28.5 Å². The van der Waals surface area contributed by atoms with Crippen molar-refractivity contribution < 1.29 is 37.0 Å². The third kappa shape index (κ3) is 6.95. The predicted molar refractivity (Wildman–Crippen MR) is 109 cm³/mol. The largest absolute Gasteiger partial charge is 0.493 e. The summed E-state index contributed by atoms with van der Waals surface area (Å²) in [4.78, 5) is 23.9. The van der Waals surface area contributed by atoms with E-state index in [0.717, 1.165) is 0 Å². The van der Waals surface area contributed by atoms with Crippen molar-refractivity contribution in [2.45, 2.75) is 6.18 Å². The lowest BCUT2D eigenvalue weighted by atomic mass is 10.1. The van der Waals surface area contributed by atoms with Gasteiger partial charge < -0.3 is 24.8 Å². The van der Waals surface area contributed by atoms with Crippen LogP contribution in [-0.4, -0.2) is 45.9 Å². The smallest absolute Gasteiger partial charge is 0.405 e. The Bertz CT molecular complexity index is 931. The van der Waals surface area contributed by atoms with Crippen LogP contribution in [0.25, 0.3) is 6.08 Å². The second-order valence-corrected chi connectivity index (χ2v) is 6.16. The first-order valence-corrected chi connectivity index (χ1v) is 8.91. The van der Waals surface area contributed by atoms with Gasteiger partial charge in [-0.25, -0.2) is 0 Å². The van der Waals surface area contributed by atoms with Gasteiger partial charge in [0.15, 0.2) is 11.5 Å². The van der Waals surface area contributed by atoms with Gasteiger partial charge in [0, 0.05) is 17.3 Å². The maximum atomic E-state index is 12.2. The average Bonchev–Trinajstić information content (AvgIpc) is 2.75. The van der Waals surface area contributed by atoms with E-state index in [2.05, 4.69) is 5.32 Å². The highest BCUT2D eigenvalue weighted by Crippen LogP contribution is 2.38. The molecule has 0 saturated heterocycles. The Kier molecular flexibility index (Phi) is 7.89. The molecule has 10 heteroatoms. The van der Waals surface area contributed by atoms with E-state index in [-0.39, 0.29) is 5.56 Å². The number of alkyl halides is 3. The van der Waals surface area contributed by atoms with Gasteiger partial charge >= 0.3 is 6.18 Å². The van der Waals surface area contributed by atoms with E-state index in [4.69, 9.17) is 14.2 Å².